The highest BCUT2D eigenvalue weighted by Gasteiger charge is 2.21. The van der Waals surface area contributed by atoms with Crippen LogP contribution in [-0.2, 0) is 0 Å². The molecule has 3 heteroatoms. The molecular formula is C27H46N2S. The van der Waals surface area contributed by atoms with E-state index in [1.807, 2.05) is 6.20 Å². The minimum Gasteiger partial charge on any atom is -0.294 e. The van der Waals surface area contributed by atoms with Crippen LogP contribution in [0.5, 0.6) is 0 Å². The molecule has 0 radical (unpaired) electrons. The summed E-state index contributed by atoms with van der Waals surface area (Å²) in [5, 5.41) is 2.30. The highest BCUT2D eigenvalue weighted by Crippen LogP contribution is 2.35. The van der Waals surface area contributed by atoms with E-state index < -0.39 is 0 Å². The smallest absolute Gasteiger partial charge is 0.193 e. The van der Waals surface area contributed by atoms with E-state index in [-0.39, 0.29) is 0 Å². The number of hydrogen-bond acceptors (Lipinski definition) is 2. The molecule has 2 atom stereocenters. The second-order valence-electron chi connectivity index (χ2n) is 10.3. The highest BCUT2D eigenvalue weighted by atomic mass is 32.1. The van der Waals surface area contributed by atoms with E-state index >= 15 is 0 Å². The quantitative estimate of drug-likeness (QED) is 0.273. The number of thiazole rings is 1. The summed E-state index contributed by atoms with van der Waals surface area (Å²) in [6.45, 7) is 7.19. The summed E-state index contributed by atoms with van der Waals surface area (Å²) in [5.74, 6) is 3.62. The van der Waals surface area contributed by atoms with E-state index in [0.29, 0.717) is 5.92 Å². The van der Waals surface area contributed by atoms with Gasteiger partial charge in [0.15, 0.2) is 4.96 Å². The maximum Gasteiger partial charge on any atom is 0.193 e. The van der Waals surface area contributed by atoms with Gasteiger partial charge in [-0.2, -0.15) is 0 Å². The molecule has 2 aromatic heterocycles. The molecule has 3 rings (SSSR count). The van der Waals surface area contributed by atoms with Gasteiger partial charge in [-0.3, -0.25) is 4.40 Å². The Morgan fingerprint density at radius 3 is 2.43 bits per heavy atom. The second kappa shape index (κ2) is 12.9. The van der Waals surface area contributed by atoms with Crippen molar-refractivity contribution in [3.05, 3.63) is 23.5 Å². The number of aromatic nitrogens is 2. The molecule has 1 fully saturated rings. The van der Waals surface area contributed by atoms with Gasteiger partial charge in [0.1, 0.15) is 0 Å². The van der Waals surface area contributed by atoms with Crippen molar-refractivity contribution in [2.24, 2.45) is 17.8 Å². The lowest BCUT2D eigenvalue weighted by Gasteiger charge is -2.29. The Bertz CT molecular complexity index is 695. The van der Waals surface area contributed by atoms with E-state index in [1.165, 1.54) is 102 Å². The van der Waals surface area contributed by atoms with Gasteiger partial charge in [0, 0.05) is 23.5 Å². The van der Waals surface area contributed by atoms with Crippen LogP contribution in [0.1, 0.15) is 129 Å². The van der Waals surface area contributed by atoms with E-state index in [9.17, 15) is 0 Å². The van der Waals surface area contributed by atoms with Crippen LogP contribution in [-0.4, -0.2) is 9.38 Å². The number of rotatable bonds is 14. The zero-order valence-corrected chi connectivity index (χ0v) is 20.8. The Morgan fingerprint density at radius 1 is 0.933 bits per heavy atom. The molecule has 0 amide bonds. The molecule has 2 unspecified atom stereocenters. The van der Waals surface area contributed by atoms with E-state index in [0.717, 1.165) is 22.7 Å². The van der Waals surface area contributed by atoms with Crippen LogP contribution >= 0.6 is 11.3 Å². The van der Waals surface area contributed by atoms with Crippen molar-refractivity contribution >= 4 is 16.3 Å². The SMILES string of the molecule is CCCCCCC[C@H]1CC[C@H](CCC(C)CCCC(C)c2csc3nccn23)CC1. The van der Waals surface area contributed by atoms with Gasteiger partial charge in [0.05, 0.1) is 0 Å². The third-order valence-corrected chi connectivity index (χ3v) is 8.63. The van der Waals surface area contributed by atoms with E-state index in [2.05, 4.69) is 41.7 Å². The fourth-order valence-corrected chi connectivity index (χ4v) is 6.50. The van der Waals surface area contributed by atoms with Crippen LogP contribution in [0, 0.1) is 17.8 Å². The van der Waals surface area contributed by atoms with Gasteiger partial charge in [0.2, 0.25) is 0 Å². The molecule has 1 saturated carbocycles. The Kier molecular flexibility index (Phi) is 10.2. The van der Waals surface area contributed by atoms with Gasteiger partial charge in [-0.15, -0.1) is 11.3 Å². The molecule has 2 aromatic rings. The second-order valence-corrected chi connectivity index (χ2v) is 11.2. The summed E-state index contributed by atoms with van der Waals surface area (Å²) in [6.07, 6.45) is 25.9. The van der Waals surface area contributed by atoms with Crippen LogP contribution < -0.4 is 0 Å². The van der Waals surface area contributed by atoms with Gasteiger partial charge in [-0.1, -0.05) is 111 Å². The third-order valence-electron chi connectivity index (χ3n) is 7.76. The molecule has 0 aliphatic heterocycles. The van der Waals surface area contributed by atoms with Crippen LogP contribution in [0.15, 0.2) is 17.8 Å². The lowest BCUT2D eigenvalue weighted by molar-refractivity contribution is 0.236. The minimum absolute atomic E-state index is 0.636. The van der Waals surface area contributed by atoms with Crippen molar-refractivity contribution in [1.82, 2.24) is 9.38 Å². The average molecular weight is 431 g/mol. The van der Waals surface area contributed by atoms with Crippen LogP contribution in [0.3, 0.4) is 0 Å². The summed E-state index contributed by atoms with van der Waals surface area (Å²) in [4.78, 5) is 5.55. The molecule has 0 bridgehead atoms. The molecule has 0 aromatic carbocycles. The maximum atomic E-state index is 4.41. The fourth-order valence-electron chi connectivity index (χ4n) is 5.53. The van der Waals surface area contributed by atoms with Crippen LogP contribution in [0.25, 0.3) is 4.96 Å². The summed E-state index contributed by atoms with van der Waals surface area (Å²) < 4.78 is 2.28. The molecule has 2 nitrogen and oxygen atoms in total. The predicted octanol–water partition coefficient (Wildman–Crippen LogP) is 9.25. The molecule has 0 N–H and O–H groups in total. The molecule has 30 heavy (non-hydrogen) atoms. The molecule has 0 spiro atoms. The number of unbranched alkanes of at least 4 members (excludes halogenated alkanes) is 4. The summed E-state index contributed by atoms with van der Waals surface area (Å²) in [6, 6.07) is 0. The average Bonchev–Trinajstić information content (AvgIpc) is 3.37. The third kappa shape index (κ3) is 7.39. The Balaban J connectivity index is 1.23. The zero-order chi connectivity index (χ0) is 21.2. The van der Waals surface area contributed by atoms with Gasteiger partial charge >= 0.3 is 0 Å². The number of fused-ring (bicyclic) bond motifs is 1. The molecule has 170 valence electrons. The summed E-state index contributed by atoms with van der Waals surface area (Å²) >= 11 is 1.77. The molecule has 2 heterocycles. The van der Waals surface area contributed by atoms with Crippen LogP contribution in [0.2, 0.25) is 0 Å². The largest absolute Gasteiger partial charge is 0.294 e. The van der Waals surface area contributed by atoms with Gasteiger partial charge < -0.3 is 0 Å². The zero-order valence-electron chi connectivity index (χ0n) is 20.0. The van der Waals surface area contributed by atoms with Crippen molar-refractivity contribution in [1.29, 1.82) is 0 Å². The number of nitrogens with zero attached hydrogens (tertiary/aromatic N) is 2. The van der Waals surface area contributed by atoms with Crippen molar-refractivity contribution in [2.75, 3.05) is 0 Å². The first kappa shape index (κ1) is 23.8. The Morgan fingerprint density at radius 2 is 1.67 bits per heavy atom. The van der Waals surface area contributed by atoms with E-state index in [1.54, 1.807) is 11.3 Å². The fraction of sp³-hybridized carbons (Fsp3) is 0.815. The highest BCUT2D eigenvalue weighted by molar-refractivity contribution is 7.15. The molecule has 1 aliphatic rings. The Hall–Kier alpha value is -0.830. The lowest BCUT2D eigenvalue weighted by atomic mass is 9.77. The van der Waals surface area contributed by atoms with Gasteiger partial charge in [0.25, 0.3) is 0 Å². The molecule has 1 aliphatic carbocycles. The molecule has 0 saturated heterocycles. The topological polar surface area (TPSA) is 17.3 Å². The minimum atomic E-state index is 0.636. The number of hydrogen-bond donors (Lipinski definition) is 0. The van der Waals surface area contributed by atoms with Crippen molar-refractivity contribution in [3.63, 3.8) is 0 Å². The standard InChI is InChI=1S/C27H46N2S/c1-4-5-6-7-8-12-24-15-17-25(18-16-24)14-13-22(2)10-9-11-23(3)26-21-30-27-28-19-20-29(26)27/h19-25H,4-18H2,1-3H3/t22?,23?,24-,25-. The van der Waals surface area contributed by atoms with Gasteiger partial charge in [-0.25, -0.2) is 4.98 Å². The maximum absolute atomic E-state index is 4.41. The predicted molar refractivity (Wildman–Crippen MR) is 133 cm³/mol. The number of imidazole rings is 1. The monoisotopic (exact) mass is 430 g/mol. The van der Waals surface area contributed by atoms with Crippen molar-refractivity contribution in [3.8, 4) is 0 Å². The summed E-state index contributed by atoms with van der Waals surface area (Å²) in [7, 11) is 0. The van der Waals surface area contributed by atoms with Crippen molar-refractivity contribution in [2.45, 2.75) is 123 Å². The summed E-state index contributed by atoms with van der Waals surface area (Å²) in [5.41, 5.74) is 1.45. The van der Waals surface area contributed by atoms with Crippen molar-refractivity contribution < 1.29 is 0 Å². The van der Waals surface area contributed by atoms with Gasteiger partial charge in [-0.05, 0) is 30.1 Å². The Labute approximate surface area is 189 Å². The molecular weight excluding hydrogens is 384 g/mol. The normalized spacial score (nSPS) is 21.8. The first-order valence-corrected chi connectivity index (χ1v) is 14.0. The first-order chi connectivity index (χ1) is 14.7. The first-order valence-electron chi connectivity index (χ1n) is 13.1. The lowest BCUT2D eigenvalue weighted by Crippen LogP contribution is -2.15. The van der Waals surface area contributed by atoms with E-state index in [4.69, 9.17) is 0 Å². The van der Waals surface area contributed by atoms with Crippen LogP contribution in [0.4, 0.5) is 0 Å².